The predicted molar refractivity (Wildman–Crippen MR) is 140 cm³/mol. The number of amides is 1. The third-order valence-electron chi connectivity index (χ3n) is 5.84. The Hall–Kier alpha value is -2.90. The van der Waals surface area contributed by atoms with Crippen molar-refractivity contribution in [3.63, 3.8) is 0 Å². The molecule has 0 saturated heterocycles. The van der Waals surface area contributed by atoms with Gasteiger partial charge in [0.1, 0.15) is 11.3 Å². The summed E-state index contributed by atoms with van der Waals surface area (Å²) in [5.74, 6) is -0.563. The highest BCUT2D eigenvalue weighted by Crippen LogP contribution is 2.38. The van der Waals surface area contributed by atoms with Gasteiger partial charge in [-0.3, -0.25) is 4.90 Å². The molecule has 35 heavy (non-hydrogen) atoms. The lowest BCUT2D eigenvalue weighted by atomic mass is 10.2. The molecule has 0 spiro atoms. The Labute approximate surface area is 210 Å². The van der Waals surface area contributed by atoms with Crippen molar-refractivity contribution in [1.29, 1.82) is 0 Å². The second kappa shape index (κ2) is 10.4. The van der Waals surface area contributed by atoms with E-state index in [1.165, 1.54) is 4.90 Å². The quantitative estimate of drug-likeness (QED) is 0.432. The van der Waals surface area contributed by atoms with E-state index in [1.54, 1.807) is 33.8 Å². The molecule has 0 N–H and O–H groups in total. The van der Waals surface area contributed by atoms with Crippen LogP contribution in [0.25, 0.3) is 0 Å². The van der Waals surface area contributed by atoms with Gasteiger partial charge >= 0.3 is 12.1 Å². The lowest BCUT2D eigenvalue weighted by Gasteiger charge is -2.44. The molecule has 2 aromatic rings. The summed E-state index contributed by atoms with van der Waals surface area (Å²) >= 11 is 0. The molecular weight excluding hydrogens is 458 g/mol. The fraction of sp³-hybridized carbons (Fsp3) is 0.429. The van der Waals surface area contributed by atoms with E-state index >= 15 is 0 Å². The zero-order valence-corrected chi connectivity index (χ0v) is 22.8. The first-order valence-corrected chi connectivity index (χ1v) is 14.0. The maximum absolute atomic E-state index is 13.0. The highest BCUT2D eigenvalue weighted by molar-refractivity contribution is 6.99. The molecule has 0 saturated carbocycles. The maximum atomic E-state index is 13.0. The lowest BCUT2D eigenvalue weighted by molar-refractivity contribution is -0.140. The number of ether oxygens (including phenoxy) is 2. The van der Waals surface area contributed by atoms with Crippen molar-refractivity contribution >= 4 is 30.8 Å². The van der Waals surface area contributed by atoms with E-state index in [2.05, 4.69) is 45.0 Å². The predicted octanol–water partition coefficient (Wildman–Crippen LogP) is 4.63. The van der Waals surface area contributed by atoms with Crippen molar-refractivity contribution in [3.05, 3.63) is 72.4 Å². The topological polar surface area (TPSA) is 65.1 Å². The molecule has 0 aliphatic carbocycles. The molecule has 188 valence electrons. The molecule has 0 fully saturated rings. The van der Waals surface area contributed by atoms with Crippen LogP contribution in [0.4, 0.5) is 4.79 Å². The van der Waals surface area contributed by atoms with Gasteiger partial charge in [0.15, 0.2) is 0 Å². The summed E-state index contributed by atoms with van der Waals surface area (Å²) < 4.78 is 17.9. The smallest absolute Gasteiger partial charge is 0.415 e. The number of carbonyl (C=O) groups is 2. The minimum Gasteiger partial charge on any atom is -0.461 e. The lowest BCUT2D eigenvalue weighted by Crippen LogP contribution is -2.67. The largest absolute Gasteiger partial charge is 0.461 e. The van der Waals surface area contributed by atoms with E-state index in [4.69, 9.17) is 13.9 Å². The molecule has 1 aliphatic rings. The van der Waals surface area contributed by atoms with Gasteiger partial charge in [0.25, 0.3) is 8.32 Å². The summed E-state index contributed by atoms with van der Waals surface area (Å²) in [6, 6.07) is 20.5. The molecule has 0 bridgehead atoms. The van der Waals surface area contributed by atoms with Gasteiger partial charge in [-0.05, 0) is 49.2 Å². The van der Waals surface area contributed by atoms with Crippen LogP contribution in [0, 0.1) is 0 Å². The van der Waals surface area contributed by atoms with Gasteiger partial charge in [-0.25, -0.2) is 9.59 Å². The molecule has 0 radical (unpaired) electrons. The zero-order chi connectivity index (χ0) is 25.9. The first kappa shape index (κ1) is 26.7. The summed E-state index contributed by atoms with van der Waals surface area (Å²) in [5, 5.41) is 2.01. The van der Waals surface area contributed by atoms with Gasteiger partial charge in [-0.1, -0.05) is 81.4 Å². The van der Waals surface area contributed by atoms with Crippen molar-refractivity contribution in [3.8, 4) is 0 Å². The summed E-state index contributed by atoms with van der Waals surface area (Å²) in [6.45, 7) is 14.1. The molecular formula is C28H37NO5Si. The first-order chi connectivity index (χ1) is 16.4. The van der Waals surface area contributed by atoms with Gasteiger partial charge in [0, 0.05) is 0 Å². The summed E-state index contributed by atoms with van der Waals surface area (Å²) in [5.41, 5.74) is -0.544. The Balaban J connectivity index is 2.09. The molecule has 0 unspecified atom stereocenters. The molecule has 1 aliphatic heterocycles. The normalized spacial score (nSPS) is 16.6. The number of nitrogens with zero attached hydrogens (tertiary/aromatic N) is 1. The van der Waals surface area contributed by atoms with Crippen LogP contribution in [0.5, 0.6) is 0 Å². The average molecular weight is 496 g/mol. The van der Waals surface area contributed by atoms with E-state index in [0.717, 1.165) is 10.4 Å². The van der Waals surface area contributed by atoms with Crippen molar-refractivity contribution in [1.82, 2.24) is 4.90 Å². The molecule has 3 rings (SSSR count). The summed E-state index contributed by atoms with van der Waals surface area (Å²) in [6.07, 6.45) is 0.611. The van der Waals surface area contributed by atoms with E-state index in [-0.39, 0.29) is 23.9 Å². The highest BCUT2D eigenvalue weighted by Gasteiger charge is 2.52. The number of benzene rings is 2. The molecule has 2 aromatic carbocycles. The molecule has 1 amide bonds. The third kappa shape index (κ3) is 5.85. The standard InChI is InChI=1S/C28H37NO5Si/c1-8-32-25(30)24-19-21(20-29(24)26(31)33-27(2,3)4)34-35(28(5,6)7,22-15-11-9-12-16-22)23-17-13-10-14-18-23/h9-19,21H,8,20H2,1-7H3/t21-/m0/s1. The third-order valence-corrected chi connectivity index (χ3v) is 10.9. The van der Waals surface area contributed by atoms with Crippen LogP contribution >= 0.6 is 0 Å². The van der Waals surface area contributed by atoms with Crippen LogP contribution in [0.1, 0.15) is 48.5 Å². The maximum Gasteiger partial charge on any atom is 0.415 e. The Morgan fingerprint density at radius 3 is 1.86 bits per heavy atom. The average Bonchev–Trinajstić information content (AvgIpc) is 3.21. The molecule has 1 heterocycles. The number of hydrogen-bond donors (Lipinski definition) is 0. The Bertz CT molecular complexity index is 1010. The Morgan fingerprint density at radius 2 is 1.43 bits per heavy atom. The van der Waals surface area contributed by atoms with E-state index in [0.29, 0.717) is 0 Å². The van der Waals surface area contributed by atoms with Crippen LogP contribution in [0.15, 0.2) is 72.4 Å². The van der Waals surface area contributed by atoms with Crippen LogP contribution in [-0.4, -0.2) is 50.1 Å². The van der Waals surface area contributed by atoms with Crippen LogP contribution in [-0.2, 0) is 18.7 Å². The number of hydrogen-bond acceptors (Lipinski definition) is 5. The van der Waals surface area contributed by atoms with Gasteiger partial charge < -0.3 is 13.9 Å². The highest BCUT2D eigenvalue weighted by atomic mass is 28.4. The van der Waals surface area contributed by atoms with Crippen molar-refractivity contribution in [2.75, 3.05) is 13.2 Å². The SMILES string of the molecule is CCOC(=O)C1=C[C@H](O[Si](c2ccccc2)(c2ccccc2)C(C)(C)C)CN1C(=O)OC(C)(C)C. The van der Waals surface area contributed by atoms with E-state index < -0.39 is 32.1 Å². The van der Waals surface area contributed by atoms with Gasteiger partial charge in [0.2, 0.25) is 0 Å². The van der Waals surface area contributed by atoms with E-state index in [1.807, 2.05) is 36.4 Å². The minimum absolute atomic E-state index is 0.157. The monoisotopic (exact) mass is 495 g/mol. The molecule has 0 aromatic heterocycles. The van der Waals surface area contributed by atoms with Crippen LogP contribution in [0.3, 0.4) is 0 Å². The van der Waals surface area contributed by atoms with Gasteiger partial charge in [-0.15, -0.1) is 0 Å². The Kier molecular flexibility index (Phi) is 7.92. The van der Waals surface area contributed by atoms with Gasteiger partial charge in [0.05, 0.1) is 19.3 Å². The fourth-order valence-electron chi connectivity index (χ4n) is 4.46. The van der Waals surface area contributed by atoms with Crippen molar-refractivity contribution < 1.29 is 23.5 Å². The minimum atomic E-state index is -2.88. The van der Waals surface area contributed by atoms with Crippen molar-refractivity contribution in [2.45, 2.75) is 65.2 Å². The zero-order valence-electron chi connectivity index (χ0n) is 21.8. The van der Waals surface area contributed by atoms with E-state index in [9.17, 15) is 9.59 Å². The first-order valence-electron chi connectivity index (χ1n) is 12.1. The number of carbonyl (C=O) groups excluding carboxylic acids is 2. The second-order valence-corrected chi connectivity index (χ2v) is 14.9. The molecule has 7 heteroatoms. The number of esters is 1. The van der Waals surface area contributed by atoms with Crippen molar-refractivity contribution in [2.24, 2.45) is 0 Å². The van der Waals surface area contributed by atoms with Gasteiger partial charge in [-0.2, -0.15) is 0 Å². The molecule has 6 nitrogen and oxygen atoms in total. The fourth-order valence-corrected chi connectivity index (χ4v) is 9.07. The number of rotatable bonds is 6. The Morgan fingerprint density at radius 1 is 0.914 bits per heavy atom. The summed E-state index contributed by atoms with van der Waals surface area (Å²) in [7, 11) is -2.88. The second-order valence-electron chi connectivity index (χ2n) is 10.7. The molecule has 1 atom stereocenters. The van der Waals surface area contributed by atoms with Crippen LogP contribution in [0.2, 0.25) is 5.04 Å². The van der Waals surface area contributed by atoms with Crippen LogP contribution < -0.4 is 10.4 Å². The summed E-state index contributed by atoms with van der Waals surface area (Å²) in [4.78, 5) is 27.2.